The number of hydrogen-bond acceptors (Lipinski definition) is 4. The van der Waals surface area contributed by atoms with Crippen LogP contribution in [0.1, 0.15) is 5.56 Å². The maximum absolute atomic E-state index is 12.3. The van der Waals surface area contributed by atoms with Crippen LogP contribution in [0.2, 0.25) is 0 Å². The van der Waals surface area contributed by atoms with Gasteiger partial charge in [-0.3, -0.25) is 4.79 Å². The zero-order chi connectivity index (χ0) is 16.7. The molecular weight excluding hydrogens is 306 g/mol. The van der Waals surface area contributed by atoms with E-state index in [1.165, 1.54) is 18.2 Å². The zero-order valence-corrected chi connectivity index (χ0v) is 12.9. The number of carbonyl (C=O) groups is 1. The highest BCUT2D eigenvalue weighted by molar-refractivity contribution is 5.92. The molecule has 0 aliphatic carbocycles. The normalized spacial score (nSPS) is 19.2. The van der Waals surface area contributed by atoms with Gasteiger partial charge in [-0.05, 0) is 19.2 Å². The van der Waals surface area contributed by atoms with Gasteiger partial charge in [0, 0.05) is 31.3 Å². The highest BCUT2D eigenvalue weighted by Gasteiger charge is 2.17. The van der Waals surface area contributed by atoms with Crippen molar-refractivity contribution in [1.29, 1.82) is 0 Å². The Kier molecular flexibility index (Phi) is 6.49. The van der Waals surface area contributed by atoms with E-state index >= 15 is 0 Å². The highest BCUT2D eigenvalue weighted by atomic mass is 19.3. The summed E-state index contributed by atoms with van der Waals surface area (Å²) in [5.41, 5.74) is 0.414. The molecule has 1 amide bonds. The number of alkyl halides is 2. The first-order valence-electron chi connectivity index (χ1n) is 7.34. The summed E-state index contributed by atoms with van der Waals surface area (Å²) in [5.74, 6) is -0.280. The van der Waals surface area contributed by atoms with E-state index < -0.39 is 6.61 Å². The number of para-hydroxylation sites is 1. The minimum absolute atomic E-state index is 0.0313. The molecule has 1 aromatic carbocycles. The standard InChI is InChI=1S/C16H20F2N2O3/c1-20-8-9-22-13(11-20)10-19-15(21)7-6-12-4-2-3-5-14(12)23-16(17)18/h2-7,13,16H,8-11H2,1H3,(H,19,21)/b7-6+/t13-/m0/s1. The smallest absolute Gasteiger partial charge is 0.387 e. The maximum atomic E-state index is 12.3. The van der Waals surface area contributed by atoms with Gasteiger partial charge in [-0.1, -0.05) is 18.2 Å². The van der Waals surface area contributed by atoms with Gasteiger partial charge in [0.2, 0.25) is 5.91 Å². The van der Waals surface area contributed by atoms with E-state index in [0.29, 0.717) is 18.7 Å². The van der Waals surface area contributed by atoms with Gasteiger partial charge in [0.15, 0.2) is 0 Å². The van der Waals surface area contributed by atoms with E-state index in [9.17, 15) is 13.6 Å². The van der Waals surface area contributed by atoms with Gasteiger partial charge in [-0.2, -0.15) is 8.78 Å². The van der Waals surface area contributed by atoms with Crippen LogP contribution in [-0.4, -0.2) is 56.8 Å². The average Bonchev–Trinajstić information content (AvgIpc) is 2.51. The van der Waals surface area contributed by atoms with Gasteiger partial charge in [0.1, 0.15) is 5.75 Å². The molecule has 1 atom stereocenters. The minimum atomic E-state index is -2.90. The molecule has 2 rings (SSSR count). The predicted octanol–water partition coefficient (Wildman–Crippen LogP) is 1.75. The fraction of sp³-hybridized carbons (Fsp3) is 0.438. The third-order valence-corrected chi connectivity index (χ3v) is 3.40. The molecule has 126 valence electrons. The van der Waals surface area contributed by atoms with Crippen molar-refractivity contribution in [2.24, 2.45) is 0 Å². The zero-order valence-electron chi connectivity index (χ0n) is 12.9. The molecule has 0 unspecified atom stereocenters. The molecule has 5 nitrogen and oxygen atoms in total. The summed E-state index contributed by atoms with van der Waals surface area (Å²) in [6.45, 7) is -0.215. The molecule has 1 fully saturated rings. The van der Waals surface area contributed by atoms with E-state index in [1.807, 2.05) is 7.05 Å². The number of hydrogen-bond donors (Lipinski definition) is 1. The molecule has 0 aromatic heterocycles. The van der Waals surface area contributed by atoms with Crippen LogP contribution in [0.5, 0.6) is 5.75 Å². The van der Waals surface area contributed by atoms with Crippen molar-refractivity contribution in [2.75, 3.05) is 33.3 Å². The van der Waals surface area contributed by atoms with Crippen LogP contribution in [0.25, 0.3) is 6.08 Å². The van der Waals surface area contributed by atoms with Crippen molar-refractivity contribution in [3.63, 3.8) is 0 Å². The number of morpholine rings is 1. The van der Waals surface area contributed by atoms with Crippen LogP contribution in [0.4, 0.5) is 8.78 Å². The number of halogens is 2. The fourth-order valence-corrected chi connectivity index (χ4v) is 2.25. The second kappa shape index (κ2) is 8.59. The topological polar surface area (TPSA) is 50.8 Å². The van der Waals surface area contributed by atoms with E-state index in [1.54, 1.807) is 18.2 Å². The van der Waals surface area contributed by atoms with Gasteiger partial charge >= 0.3 is 6.61 Å². The number of nitrogens with one attached hydrogen (secondary N) is 1. The van der Waals surface area contributed by atoms with E-state index in [4.69, 9.17) is 4.74 Å². The van der Waals surface area contributed by atoms with Crippen molar-refractivity contribution in [3.05, 3.63) is 35.9 Å². The number of amides is 1. The first-order chi connectivity index (χ1) is 11.0. The molecule has 0 spiro atoms. The van der Waals surface area contributed by atoms with E-state index in [0.717, 1.165) is 13.1 Å². The molecule has 7 heteroatoms. The molecule has 0 saturated carbocycles. The van der Waals surface area contributed by atoms with Gasteiger partial charge < -0.3 is 19.7 Å². The summed E-state index contributed by atoms with van der Waals surface area (Å²) < 4.78 is 34.6. The average molecular weight is 326 g/mol. The van der Waals surface area contributed by atoms with Crippen molar-refractivity contribution in [1.82, 2.24) is 10.2 Å². The Labute approximate surface area is 133 Å². The quantitative estimate of drug-likeness (QED) is 0.809. The van der Waals surface area contributed by atoms with Crippen LogP contribution in [-0.2, 0) is 9.53 Å². The summed E-state index contributed by atoms with van der Waals surface area (Å²) in [5, 5.41) is 2.74. The Bertz CT molecular complexity index is 552. The largest absolute Gasteiger partial charge is 0.434 e. The third-order valence-electron chi connectivity index (χ3n) is 3.40. The molecular formula is C16H20F2N2O3. The number of likely N-dealkylation sites (N-methyl/N-ethyl adjacent to an activating group) is 1. The number of rotatable bonds is 6. The molecule has 1 heterocycles. The lowest BCUT2D eigenvalue weighted by Crippen LogP contribution is -2.45. The van der Waals surface area contributed by atoms with Crippen molar-refractivity contribution in [2.45, 2.75) is 12.7 Å². The Morgan fingerprint density at radius 1 is 1.52 bits per heavy atom. The number of benzene rings is 1. The molecule has 1 aliphatic rings. The molecule has 0 bridgehead atoms. The third kappa shape index (κ3) is 5.96. The van der Waals surface area contributed by atoms with E-state index in [-0.39, 0.29) is 17.8 Å². The van der Waals surface area contributed by atoms with Crippen molar-refractivity contribution < 1.29 is 23.0 Å². The number of ether oxygens (including phenoxy) is 2. The monoisotopic (exact) mass is 326 g/mol. The van der Waals surface area contributed by atoms with Crippen LogP contribution >= 0.6 is 0 Å². The SMILES string of the molecule is CN1CCO[C@@H](CNC(=O)/C=C/c2ccccc2OC(F)F)C1. The molecule has 1 saturated heterocycles. The Hall–Kier alpha value is -1.99. The summed E-state index contributed by atoms with van der Waals surface area (Å²) >= 11 is 0. The van der Waals surface area contributed by atoms with Crippen LogP contribution < -0.4 is 10.1 Å². The second-order valence-electron chi connectivity index (χ2n) is 5.25. The predicted molar refractivity (Wildman–Crippen MR) is 82.4 cm³/mol. The van der Waals surface area contributed by atoms with E-state index in [2.05, 4.69) is 15.0 Å². The van der Waals surface area contributed by atoms with Crippen LogP contribution in [0, 0.1) is 0 Å². The summed E-state index contributed by atoms with van der Waals surface area (Å²) in [6, 6.07) is 6.30. The Morgan fingerprint density at radius 3 is 3.04 bits per heavy atom. The molecule has 1 aliphatic heterocycles. The minimum Gasteiger partial charge on any atom is -0.434 e. The van der Waals surface area contributed by atoms with Gasteiger partial charge in [-0.15, -0.1) is 0 Å². The van der Waals surface area contributed by atoms with Crippen molar-refractivity contribution >= 4 is 12.0 Å². The number of nitrogens with zero attached hydrogens (tertiary/aromatic N) is 1. The Balaban J connectivity index is 1.86. The first kappa shape index (κ1) is 17.4. The lowest BCUT2D eigenvalue weighted by Gasteiger charge is -2.29. The van der Waals surface area contributed by atoms with Crippen LogP contribution in [0.3, 0.4) is 0 Å². The molecule has 1 aromatic rings. The van der Waals surface area contributed by atoms with Gasteiger partial charge in [0.05, 0.1) is 12.7 Å². The fourth-order valence-electron chi connectivity index (χ4n) is 2.25. The summed E-state index contributed by atoms with van der Waals surface area (Å²) in [7, 11) is 2.00. The van der Waals surface area contributed by atoms with Gasteiger partial charge in [-0.25, -0.2) is 0 Å². The first-order valence-corrected chi connectivity index (χ1v) is 7.34. The molecule has 1 N–H and O–H groups in total. The van der Waals surface area contributed by atoms with Crippen molar-refractivity contribution in [3.8, 4) is 5.75 Å². The lowest BCUT2D eigenvalue weighted by molar-refractivity contribution is -0.117. The highest BCUT2D eigenvalue weighted by Crippen LogP contribution is 2.21. The van der Waals surface area contributed by atoms with Crippen LogP contribution in [0.15, 0.2) is 30.3 Å². The Morgan fingerprint density at radius 2 is 2.30 bits per heavy atom. The second-order valence-corrected chi connectivity index (χ2v) is 5.25. The lowest BCUT2D eigenvalue weighted by atomic mass is 10.2. The summed E-state index contributed by atoms with van der Waals surface area (Å²) in [6.07, 6.45) is 2.70. The number of carbonyl (C=O) groups excluding carboxylic acids is 1. The molecule has 0 radical (unpaired) electrons. The summed E-state index contributed by atoms with van der Waals surface area (Å²) in [4.78, 5) is 14.0. The molecule has 23 heavy (non-hydrogen) atoms. The maximum Gasteiger partial charge on any atom is 0.387 e. The van der Waals surface area contributed by atoms with Gasteiger partial charge in [0.25, 0.3) is 0 Å².